The van der Waals surface area contributed by atoms with Crippen molar-refractivity contribution in [2.75, 3.05) is 44.6 Å². The zero-order chi connectivity index (χ0) is 21.5. The molecule has 30 heavy (non-hydrogen) atoms. The minimum absolute atomic E-state index is 0.000874. The van der Waals surface area contributed by atoms with E-state index in [0.29, 0.717) is 44.0 Å². The summed E-state index contributed by atoms with van der Waals surface area (Å²) < 4.78 is 5.08. The van der Waals surface area contributed by atoms with Crippen LogP contribution in [0.1, 0.15) is 49.9 Å². The van der Waals surface area contributed by atoms with Gasteiger partial charge in [-0.15, -0.1) is 0 Å². The van der Waals surface area contributed by atoms with Crippen molar-refractivity contribution >= 4 is 23.5 Å². The standard InChI is InChI=1S/C23H33N3O4/c1-3-30-23(29)18-9-13-25(14-10-18)21(27)16-24-20-6-4-5-19(15-20)22(28)26-11-7-17(2)8-12-26/h4-6,15,17-18,24H,3,7-14,16H2,1-2H3. The van der Waals surface area contributed by atoms with Crippen LogP contribution in [0.15, 0.2) is 24.3 Å². The zero-order valence-electron chi connectivity index (χ0n) is 18.1. The third-order valence-electron chi connectivity index (χ3n) is 6.09. The van der Waals surface area contributed by atoms with Gasteiger partial charge in [0.2, 0.25) is 5.91 Å². The van der Waals surface area contributed by atoms with Crippen LogP contribution in [0.3, 0.4) is 0 Å². The van der Waals surface area contributed by atoms with Crippen molar-refractivity contribution in [1.29, 1.82) is 0 Å². The topological polar surface area (TPSA) is 79.0 Å². The van der Waals surface area contributed by atoms with Gasteiger partial charge in [-0.1, -0.05) is 13.0 Å². The van der Waals surface area contributed by atoms with Gasteiger partial charge in [0.25, 0.3) is 5.91 Å². The molecule has 1 N–H and O–H groups in total. The van der Waals surface area contributed by atoms with Crippen LogP contribution in [0.2, 0.25) is 0 Å². The van der Waals surface area contributed by atoms with E-state index in [1.165, 1.54) is 0 Å². The lowest BCUT2D eigenvalue weighted by Crippen LogP contribution is -2.43. The Morgan fingerprint density at radius 3 is 2.37 bits per heavy atom. The van der Waals surface area contributed by atoms with Gasteiger partial charge in [-0.25, -0.2) is 0 Å². The fraction of sp³-hybridized carbons (Fsp3) is 0.609. The Hall–Kier alpha value is -2.57. The van der Waals surface area contributed by atoms with E-state index in [4.69, 9.17) is 4.74 Å². The summed E-state index contributed by atoms with van der Waals surface area (Å²) in [5.74, 6) is 0.460. The van der Waals surface area contributed by atoms with Crippen molar-refractivity contribution in [3.63, 3.8) is 0 Å². The number of rotatable bonds is 6. The van der Waals surface area contributed by atoms with Crippen LogP contribution in [0.4, 0.5) is 5.69 Å². The Kier molecular flexibility index (Phi) is 7.71. The van der Waals surface area contributed by atoms with Crippen LogP contribution in [0.5, 0.6) is 0 Å². The quantitative estimate of drug-likeness (QED) is 0.723. The molecular weight excluding hydrogens is 382 g/mol. The molecule has 0 atom stereocenters. The van der Waals surface area contributed by atoms with Gasteiger partial charge in [-0.2, -0.15) is 0 Å². The number of amides is 2. The van der Waals surface area contributed by atoms with Crippen LogP contribution in [0.25, 0.3) is 0 Å². The second-order valence-corrected chi connectivity index (χ2v) is 8.32. The Labute approximate surface area is 178 Å². The number of ether oxygens (including phenoxy) is 1. The monoisotopic (exact) mass is 415 g/mol. The van der Waals surface area contributed by atoms with Gasteiger partial charge in [0.1, 0.15) is 0 Å². The molecule has 0 unspecified atom stereocenters. The third-order valence-corrected chi connectivity index (χ3v) is 6.09. The number of benzene rings is 1. The molecule has 0 aliphatic carbocycles. The molecule has 2 heterocycles. The summed E-state index contributed by atoms with van der Waals surface area (Å²) in [5, 5.41) is 3.15. The Balaban J connectivity index is 1.48. The predicted octanol–water partition coefficient (Wildman–Crippen LogP) is 2.77. The second-order valence-electron chi connectivity index (χ2n) is 8.32. The summed E-state index contributed by atoms with van der Waals surface area (Å²) in [6, 6.07) is 7.36. The summed E-state index contributed by atoms with van der Waals surface area (Å²) in [6.45, 7) is 7.32. The normalized spacial score (nSPS) is 18.2. The van der Waals surface area contributed by atoms with Crippen LogP contribution in [-0.2, 0) is 14.3 Å². The number of hydrogen-bond acceptors (Lipinski definition) is 5. The lowest BCUT2D eigenvalue weighted by Gasteiger charge is -2.31. The highest BCUT2D eigenvalue weighted by atomic mass is 16.5. The molecule has 2 aliphatic heterocycles. The van der Waals surface area contributed by atoms with E-state index >= 15 is 0 Å². The van der Waals surface area contributed by atoms with Crippen LogP contribution < -0.4 is 5.32 Å². The molecule has 2 amide bonds. The summed E-state index contributed by atoms with van der Waals surface area (Å²) in [5.41, 5.74) is 1.42. The fourth-order valence-electron chi connectivity index (χ4n) is 4.07. The van der Waals surface area contributed by atoms with Crippen LogP contribution in [0, 0.1) is 11.8 Å². The van der Waals surface area contributed by atoms with E-state index in [0.717, 1.165) is 31.6 Å². The predicted molar refractivity (Wildman–Crippen MR) is 115 cm³/mol. The average molecular weight is 416 g/mol. The number of likely N-dealkylation sites (tertiary alicyclic amines) is 2. The number of carbonyl (C=O) groups excluding carboxylic acids is 3. The van der Waals surface area contributed by atoms with Crippen LogP contribution in [-0.4, -0.2) is 66.9 Å². The second kappa shape index (κ2) is 10.5. The Morgan fingerprint density at radius 2 is 1.70 bits per heavy atom. The van der Waals surface area contributed by atoms with E-state index in [1.54, 1.807) is 11.8 Å². The number of anilines is 1. The smallest absolute Gasteiger partial charge is 0.309 e. The molecule has 2 aliphatic rings. The first-order valence-corrected chi connectivity index (χ1v) is 11.1. The average Bonchev–Trinajstić information content (AvgIpc) is 2.78. The summed E-state index contributed by atoms with van der Waals surface area (Å²) in [6.07, 6.45) is 3.38. The first kappa shape index (κ1) is 22.1. The molecule has 0 bridgehead atoms. The number of piperidine rings is 2. The van der Waals surface area contributed by atoms with Crippen molar-refractivity contribution in [3.8, 4) is 0 Å². The maximum absolute atomic E-state index is 12.8. The molecule has 2 fully saturated rings. The molecule has 3 rings (SSSR count). The van der Waals surface area contributed by atoms with Crippen molar-refractivity contribution in [2.45, 2.75) is 39.5 Å². The Bertz CT molecular complexity index is 751. The highest BCUT2D eigenvalue weighted by Gasteiger charge is 2.28. The summed E-state index contributed by atoms with van der Waals surface area (Å²) in [7, 11) is 0. The van der Waals surface area contributed by atoms with Crippen molar-refractivity contribution in [3.05, 3.63) is 29.8 Å². The first-order chi connectivity index (χ1) is 14.5. The van der Waals surface area contributed by atoms with E-state index in [2.05, 4.69) is 12.2 Å². The van der Waals surface area contributed by atoms with Gasteiger partial charge in [-0.05, 0) is 56.7 Å². The highest BCUT2D eigenvalue weighted by molar-refractivity contribution is 5.95. The molecule has 0 aromatic heterocycles. The van der Waals surface area contributed by atoms with Gasteiger partial charge in [0, 0.05) is 37.4 Å². The number of esters is 1. The van der Waals surface area contributed by atoms with E-state index in [9.17, 15) is 14.4 Å². The number of nitrogens with zero attached hydrogens (tertiary/aromatic N) is 2. The maximum Gasteiger partial charge on any atom is 0.309 e. The molecule has 0 spiro atoms. The minimum atomic E-state index is -0.160. The lowest BCUT2D eigenvalue weighted by atomic mass is 9.97. The van der Waals surface area contributed by atoms with Crippen LogP contribution >= 0.6 is 0 Å². The van der Waals surface area contributed by atoms with E-state index < -0.39 is 0 Å². The highest BCUT2D eigenvalue weighted by Crippen LogP contribution is 2.21. The van der Waals surface area contributed by atoms with Crippen molar-refractivity contribution in [1.82, 2.24) is 9.80 Å². The van der Waals surface area contributed by atoms with Crippen molar-refractivity contribution < 1.29 is 19.1 Å². The molecule has 7 nitrogen and oxygen atoms in total. The minimum Gasteiger partial charge on any atom is -0.466 e. The molecule has 164 valence electrons. The molecular formula is C23H33N3O4. The maximum atomic E-state index is 12.8. The molecule has 1 aromatic rings. The molecule has 2 saturated heterocycles. The number of hydrogen-bond donors (Lipinski definition) is 1. The van der Waals surface area contributed by atoms with Gasteiger partial charge < -0.3 is 19.9 Å². The van der Waals surface area contributed by atoms with Gasteiger partial charge >= 0.3 is 5.97 Å². The summed E-state index contributed by atoms with van der Waals surface area (Å²) >= 11 is 0. The largest absolute Gasteiger partial charge is 0.466 e. The molecule has 7 heteroatoms. The number of carbonyl (C=O) groups is 3. The third kappa shape index (κ3) is 5.74. The lowest BCUT2D eigenvalue weighted by molar-refractivity contribution is -0.151. The Morgan fingerprint density at radius 1 is 1.03 bits per heavy atom. The van der Waals surface area contributed by atoms with Gasteiger partial charge in [0.05, 0.1) is 19.1 Å². The van der Waals surface area contributed by atoms with Crippen molar-refractivity contribution in [2.24, 2.45) is 11.8 Å². The zero-order valence-corrected chi connectivity index (χ0v) is 18.1. The molecule has 0 radical (unpaired) electrons. The number of nitrogens with one attached hydrogen (secondary N) is 1. The SMILES string of the molecule is CCOC(=O)C1CCN(C(=O)CNc2cccc(C(=O)N3CCC(C)CC3)c2)CC1. The molecule has 0 saturated carbocycles. The van der Waals surface area contributed by atoms with Gasteiger partial charge in [0.15, 0.2) is 0 Å². The van der Waals surface area contributed by atoms with E-state index in [1.807, 2.05) is 29.2 Å². The first-order valence-electron chi connectivity index (χ1n) is 11.1. The molecule has 1 aromatic carbocycles. The van der Waals surface area contributed by atoms with E-state index in [-0.39, 0.29) is 30.2 Å². The van der Waals surface area contributed by atoms with Gasteiger partial charge in [-0.3, -0.25) is 14.4 Å². The summed E-state index contributed by atoms with van der Waals surface area (Å²) in [4.78, 5) is 40.8. The fourth-order valence-corrected chi connectivity index (χ4v) is 4.07.